The quantitative estimate of drug-likeness (QED) is 0.445. The second-order valence-electron chi connectivity index (χ2n) is 8.57. The van der Waals surface area contributed by atoms with Crippen LogP contribution in [0.2, 0.25) is 0 Å². The Hall–Kier alpha value is -3.41. The van der Waals surface area contributed by atoms with Gasteiger partial charge in [0.25, 0.3) is 0 Å². The summed E-state index contributed by atoms with van der Waals surface area (Å²) >= 11 is 0. The van der Waals surface area contributed by atoms with E-state index in [0.29, 0.717) is 0 Å². The fraction of sp³-hybridized carbons (Fsp3) is 0.409. The number of primary amides is 1. The van der Waals surface area contributed by atoms with Gasteiger partial charge in [0, 0.05) is 25.4 Å². The number of urea groups is 1. The zero-order valence-corrected chi connectivity index (χ0v) is 17.9. The van der Waals surface area contributed by atoms with Crippen molar-refractivity contribution >= 4 is 17.5 Å². The molecule has 2 saturated heterocycles. The second kappa shape index (κ2) is 7.83. The monoisotopic (exact) mass is 478 g/mol. The summed E-state index contributed by atoms with van der Waals surface area (Å²) in [6, 6.07) is 6.60. The molecule has 2 amide bonds. The largest absolute Gasteiger partial charge is 0.415 e. The molecule has 3 aromatic rings. The summed E-state index contributed by atoms with van der Waals surface area (Å²) in [6.45, 7) is 0.101. The van der Waals surface area contributed by atoms with E-state index in [1.54, 1.807) is 6.07 Å². The van der Waals surface area contributed by atoms with Crippen LogP contribution in [0.4, 0.5) is 28.2 Å². The van der Waals surface area contributed by atoms with Gasteiger partial charge in [-0.15, -0.1) is 5.10 Å². The normalized spacial score (nSPS) is 25.4. The van der Waals surface area contributed by atoms with Crippen LogP contribution in [0.5, 0.6) is 0 Å². The number of nitrogens with two attached hydrogens (primary N) is 1. The zero-order chi connectivity index (χ0) is 24.3. The van der Waals surface area contributed by atoms with Gasteiger partial charge < -0.3 is 20.6 Å². The molecule has 34 heavy (non-hydrogen) atoms. The zero-order valence-electron chi connectivity index (χ0n) is 17.9. The minimum Gasteiger partial charge on any atom is -0.391 e. The highest BCUT2D eigenvalue weighted by Crippen LogP contribution is 2.54. The van der Waals surface area contributed by atoms with Crippen LogP contribution in [0.15, 0.2) is 42.6 Å². The minimum atomic E-state index is -4.69. The molecule has 1 aromatic carbocycles. The van der Waals surface area contributed by atoms with Gasteiger partial charge in [-0.2, -0.15) is 22.5 Å². The third-order valence-corrected chi connectivity index (χ3v) is 6.77. The lowest BCUT2D eigenvalue weighted by Crippen LogP contribution is -2.53. The third kappa shape index (κ3) is 3.19. The van der Waals surface area contributed by atoms with E-state index in [1.165, 1.54) is 35.0 Å². The second-order valence-corrected chi connectivity index (χ2v) is 8.57. The molecule has 180 valence electrons. The predicted octanol–water partition coefficient (Wildman–Crippen LogP) is 3.11. The molecule has 12 heteroatoms. The number of nitrogens with zero attached hydrogens (tertiary/aromatic N) is 5. The van der Waals surface area contributed by atoms with Crippen molar-refractivity contribution in [2.75, 3.05) is 18.0 Å². The molecule has 0 aliphatic carbocycles. The number of aliphatic hydroxyl groups excluding tert-OH is 1. The molecule has 2 unspecified atom stereocenters. The van der Waals surface area contributed by atoms with Crippen LogP contribution in [0.1, 0.15) is 36.4 Å². The van der Waals surface area contributed by atoms with Crippen LogP contribution in [-0.4, -0.2) is 56.0 Å². The maximum Gasteiger partial charge on any atom is 0.415 e. The summed E-state index contributed by atoms with van der Waals surface area (Å²) in [7, 11) is 0. The van der Waals surface area contributed by atoms with Crippen molar-refractivity contribution in [3.05, 3.63) is 59.7 Å². The molecule has 0 bridgehead atoms. The van der Waals surface area contributed by atoms with E-state index >= 15 is 0 Å². The van der Waals surface area contributed by atoms with Gasteiger partial charge in [-0.05, 0) is 24.8 Å². The number of carbonyl (C=O) groups is 1. The lowest BCUT2D eigenvalue weighted by molar-refractivity contribution is -0.187. The van der Waals surface area contributed by atoms with E-state index in [0.717, 1.165) is 15.9 Å². The van der Waals surface area contributed by atoms with Crippen LogP contribution in [0.25, 0.3) is 5.65 Å². The first kappa shape index (κ1) is 22.4. The Morgan fingerprint density at radius 2 is 1.91 bits per heavy atom. The lowest BCUT2D eigenvalue weighted by Gasteiger charge is -2.41. The Balaban J connectivity index is 1.79. The molecular formula is C22H22F4N6O2. The number of alkyl halides is 3. The molecule has 4 heterocycles. The number of amides is 2. The lowest BCUT2D eigenvalue weighted by atomic mass is 9.86. The summed E-state index contributed by atoms with van der Waals surface area (Å²) in [6.07, 6.45) is -4.42. The summed E-state index contributed by atoms with van der Waals surface area (Å²) in [4.78, 5) is 18.3. The first-order valence-corrected chi connectivity index (χ1v) is 10.8. The smallest absolute Gasteiger partial charge is 0.391 e. The number of rotatable bonds is 3. The molecule has 0 spiro atoms. The molecule has 2 fully saturated rings. The first-order valence-electron chi connectivity index (χ1n) is 10.8. The van der Waals surface area contributed by atoms with Crippen LogP contribution in [0.3, 0.4) is 0 Å². The van der Waals surface area contributed by atoms with E-state index in [2.05, 4.69) is 10.1 Å². The SMILES string of the molecule is NC(=O)N1CCC(O)[C@H]1c1c(N2CCCC2(c2ccccc2)C(F)(F)F)nn2ccc(F)nc12. The number of anilines is 1. The first-order chi connectivity index (χ1) is 16.1. The average Bonchev–Trinajstić information content (AvgIpc) is 3.48. The maximum absolute atomic E-state index is 14.9. The van der Waals surface area contributed by atoms with Crippen LogP contribution in [0, 0.1) is 5.95 Å². The molecule has 0 radical (unpaired) electrons. The molecule has 0 saturated carbocycles. The highest BCUT2D eigenvalue weighted by molar-refractivity contribution is 5.75. The van der Waals surface area contributed by atoms with E-state index in [4.69, 9.17) is 5.73 Å². The van der Waals surface area contributed by atoms with Gasteiger partial charge in [-0.3, -0.25) is 0 Å². The minimum absolute atomic E-state index is 0.00710. The Bertz CT molecular complexity index is 1230. The Morgan fingerprint density at radius 3 is 2.59 bits per heavy atom. The van der Waals surface area contributed by atoms with Crippen molar-refractivity contribution in [3.8, 4) is 0 Å². The van der Waals surface area contributed by atoms with Gasteiger partial charge in [-0.1, -0.05) is 30.3 Å². The van der Waals surface area contributed by atoms with Crippen LogP contribution >= 0.6 is 0 Å². The van der Waals surface area contributed by atoms with Crippen molar-refractivity contribution in [1.82, 2.24) is 19.5 Å². The van der Waals surface area contributed by atoms with E-state index in [1.807, 2.05) is 0 Å². The van der Waals surface area contributed by atoms with Crippen LogP contribution < -0.4 is 10.6 Å². The number of carbonyl (C=O) groups excluding carboxylic acids is 1. The standard InChI is InChI=1S/C22H22F4N6O2/c23-15-8-12-32-18(28-15)16(17-14(33)7-11-30(17)20(27)34)19(29-32)31-10-4-9-21(31,22(24,25)26)13-5-2-1-3-6-13/h1-3,5-6,8,12,14,17,33H,4,7,9-11H2,(H2,27,34)/t14?,17-,21?/m0/s1. The number of halogens is 4. The highest BCUT2D eigenvalue weighted by atomic mass is 19.4. The Labute approximate surface area is 191 Å². The number of fused-ring (bicyclic) bond motifs is 1. The molecular weight excluding hydrogens is 456 g/mol. The highest BCUT2D eigenvalue weighted by Gasteiger charge is 2.63. The van der Waals surface area contributed by atoms with Gasteiger partial charge in [0.2, 0.25) is 5.95 Å². The number of hydrogen-bond donors (Lipinski definition) is 2. The maximum atomic E-state index is 14.9. The summed E-state index contributed by atoms with van der Waals surface area (Å²) in [5.74, 6) is -0.987. The summed E-state index contributed by atoms with van der Waals surface area (Å²) in [5, 5.41) is 15.1. The van der Waals surface area contributed by atoms with E-state index < -0.39 is 35.8 Å². The van der Waals surface area contributed by atoms with Crippen molar-refractivity contribution in [1.29, 1.82) is 0 Å². The number of aromatic nitrogens is 3. The van der Waals surface area contributed by atoms with Gasteiger partial charge in [0.1, 0.15) is 0 Å². The fourth-order valence-electron chi connectivity index (χ4n) is 5.33. The summed E-state index contributed by atoms with van der Waals surface area (Å²) in [5.41, 5.74) is 3.10. The third-order valence-electron chi connectivity index (χ3n) is 6.77. The Morgan fingerprint density at radius 1 is 1.18 bits per heavy atom. The topological polar surface area (TPSA) is 100.0 Å². The van der Waals surface area contributed by atoms with Gasteiger partial charge in [0.15, 0.2) is 17.0 Å². The Kier molecular flexibility index (Phi) is 5.15. The van der Waals surface area contributed by atoms with Gasteiger partial charge >= 0.3 is 12.2 Å². The molecule has 5 rings (SSSR count). The van der Waals surface area contributed by atoms with Crippen molar-refractivity contribution in [2.45, 2.75) is 43.1 Å². The van der Waals surface area contributed by atoms with E-state index in [-0.39, 0.29) is 54.9 Å². The molecule has 3 atom stereocenters. The van der Waals surface area contributed by atoms with Crippen molar-refractivity contribution in [2.24, 2.45) is 5.73 Å². The van der Waals surface area contributed by atoms with Gasteiger partial charge in [-0.25, -0.2) is 9.31 Å². The summed E-state index contributed by atoms with van der Waals surface area (Å²) < 4.78 is 59.9. The predicted molar refractivity (Wildman–Crippen MR) is 113 cm³/mol. The fourth-order valence-corrected chi connectivity index (χ4v) is 5.33. The number of likely N-dealkylation sites (tertiary alicyclic amines) is 1. The molecule has 2 aromatic heterocycles. The molecule has 2 aliphatic heterocycles. The molecule has 3 N–H and O–H groups in total. The number of hydrogen-bond acceptors (Lipinski definition) is 5. The van der Waals surface area contributed by atoms with Crippen LogP contribution in [-0.2, 0) is 5.54 Å². The number of aliphatic hydroxyl groups is 1. The van der Waals surface area contributed by atoms with Gasteiger partial charge in [0.05, 0.1) is 17.7 Å². The average molecular weight is 478 g/mol. The van der Waals surface area contributed by atoms with Crippen molar-refractivity contribution < 1.29 is 27.5 Å². The molecule has 8 nitrogen and oxygen atoms in total. The van der Waals surface area contributed by atoms with Crippen molar-refractivity contribution in [3.63, 3.8) is 0 Å². The van der Waals surface area contributed by atoms with E-state index in [9.17, 15) is 27.5 Å². The number of benzene rings is 1. The molecule has 2 aliphatic rings.